The Hall–Kier alpha value is -0.260. The Morgan fingerprint density at radius 3 is 2.64 bits per heavy atom. The van der Waals surface area contributed by atoms with E-state index in [0.29, 0.717) is 6.10 Å². The van der Waals surface area contributed by atoms with Gasteiger partial charge in [-0.1, -0.05) is 12.8 Å². The van der Waals surface area contributed by atoms with Gasteiger partial charge in [0.15, 0.2) is 0 Å². The zero-order valence-corrected chi connectivity index (χ0v) is 14.2. The third-order valence-corrected chi connectivity index (χ3v) is 7.19. The summed E-state index contributed by atoms with van der Waals surface area (Å²) in [5.74, 6) is 2.87. The lowest BCUT2D eigenvalue weighted by Crippen LogP contribution is -2.57. The number of rotatable bonds is 4. The van der Waals surface area contributed by atoms with Crippen LogP contribution in [-0.2, 0) is 9.53 Å². The summed E-state index contributed by atoms with van der Waals surface area (Å²) in [6.45, 7) is 3.24. The van der Waals surface area contributed by atoms with Crippen molar-refractivity contribution in [3.8, 4) is 0 Å². The molecule has 1 amide bonds. The van der Waals surface area contributed by atoms with Crippen molar-refractivity contribution in [2.24, 2.45) is 5.92 Å². The van der Waals surface area contributed by atoms with E-state index in [-0.39, 0.29) is 23.5 Å². The second kappa shape index (κ2) is 6.33. The van der Waals surface area contributed by atoms with Crippen LogP contribution in [-0.4, -0.2) is 59.7 Å². The lowest BCUT2D eigenvalue weighted by molar-refractivity contribution is -0.127. The van der Waals surface area contributed by atoms with Gasteiger partial charge in [0.1, 0.15) is 0 Å². The summed E-state index contributed by atoms with van der Waals surface area (Å²) < 4.78 is 5.85. The third-order valence-electron chi connectivity index (χ3n) is 6.25. The molecule has 4 aliphatic rings. The molecular formula is C17H28N2O2S. The van der Waals surface area contributed by atoms with E-state index in [9.17, 15) is 4.79 Å². The maximum atomic E-state index is 12.6. The first-order chi connectivity index (χ1) is 10.8. The van der Waals surface area contributed by atoms with Crippen LogP contribution in [0.25, 0.3) is 0 Å². The van der Waals surface area contributed by atoms with Crippen molar-refractivity contribution in [2.45, 2.75) is 62.7 Å². The number of hydrogen-bond donors (Lipinski definition) is 1. The number of nitrogens with one attached hydrogen (secondary N) is 1. The molecule has 0 unspecified atom stereocenters. The highest BCUT2D eigenvalue weighted by atomic mass is 32.2. The Morgan fingerprint density at radius 2 is 2.00 bits per heavy atom. The zero-order chi connectivity index (χ0) is 15.0. The first kappa shape index (κ1) is 15.3. The predicted molar refractivity (Wildman–Crippen MR) is 89.1 cm³/mol. The standard InChI is InChI=1S/C17H28N2O2S/c20-16(14-11-13-3-4-15(14)21-13)18-12-17(5-1-2-6-17)19-7-9-22-10-8-19/h13-15H,1-12H2,(H,18,20)/t13-,14-,15-/m1/s1. The van der Waals surface area contributed by atoms with E-state index < -0.39 is 0 Å². The van der Waals surface area contributed by atoms with Crippen LogP contribution in [0.3, 0.4) is 0 Å². The van der Waals surface area contributed by atoms with Gasteiger partial charge in [0.2, 0.25) is 5.91 Å². The van der Waals surface area contributed by atoms with Crippen molar-refractivity contribution < 1.29 is 9.53 Å². The molecule has 22 heavy (non-hydrogen) atoms. The third kappa shape index (κ3) is 2.80. The Balaban J connectivity index is 1.36. The van der Waals surface area contributed by atoms with Crippen molar-refractivity contribution in [3.05, 3.63) is 0 Å². The van der Waals surface area contributed by atoms with Crippen LogP contribution >= 0.6 is 11.8 Å². The molecule has 124 valence electrons. The van der Waals surface area contributed by atoms with Crippen molar-refractivity contribution in [2.75, 3.05) is 31.1 Å². The van der Waals surface area contributed by atoms with Gasteiger partial charge in [0.25, 0.3) is 0 Å². The average Bonchev–Trinajstić information content (AvgIpc) is 3.30. The van der Waals surface area contributed by atoms with Crippen LogP contribution in [0.15, 0.2) is 0 Å². The minimum absolute atomic E-state index is 0.120. The Morgan fingerprint density at radius 1 is 1.23 bits per heavy atom. The summed E-state index contributed by atoms with van der Waals surface area (Å²) in [4.78, 5) is 15.3. The minimum atomic E-state index is 0.120. The number of amides is 1. The van der Waals surface area contributed by atoms with Crippen LogP contribution in [0.5, 0.6) is 0 Å². The Bertz CT molecular complexity index is 419. The molecule has 1 saturated carbocycles. The predicted octanol–water partition coefficient (Wildman–Crippen LogP) is 2.03. The maximum Gasteiger partial charge on any atom is 0.225 e. The number of nitrogens with zero attached hydrogens (tertiary/aromatic N) is 1. The van der Waals surface area contributed by atoms with Crippen molar-refractivity contribution in [1.29, 1.82) is 0 Å². The van der Waals surface area contributed by atoms with Gasteiger partial charge in [-0.2, -0.15) is 11.8 Å². The lowest BCUT2D eigenvalue weighted by atomic mass is 9.88. The van der Waals surface area contributed by atoms with Gasteiger partial charge in [0.05, 0.1) is 18.1 Å². The van der Waals surface area contributed by atoms with Crippen LogP contribution in [0.1, 0.15) is 44.9 Å². The second-order valence-electron chi connectivity index (χ2n) is 7.46. The molecule has 0 aromatic carbocycles. The van der Waals surface area contributed by atoms with E-state index in [4.69, 9.17) is 4.74 Å². The fourth-order valence-corrected chi connectivity index (χ4v) is 5.88. The molecule has 3 saturated heterocycles. The molecule has 3 heterocycles. The van der Waals surface area contributed by atoms with E-state index >= 15 is 0 Å². The number of thioether (sulfide) groups is 1. The molecule has 1 N–H and O–H groups in total. The number of carbonyl (C=O) groups excluding carboxylic acids is 1. The molecule has 2 bridgehead atoms. The topological polar surface area (TPSA) is 41.6 Å². The molecule has 3 aliphatic heterocycles. The molecule has 5 heteroatoms. The summed E-state index contributed by atoms with van der Waals surface area (Å²) in [6.07, 6.45) is 8.89. The number of hydrogen-bond acceptors (Lipinski definition) is 4. The summed E-state index contributed by atoms with van der Waals surface area (Å²) in [7, 11) is 0. The van der Waals surface area contributed by atoms with E-state index in [1.54, 1.807) is 0 Å². The number of carbonyl (C=O) groups is 1. The number of ether oxygens (including phenoxy) is 1. The Kier molecular flexibility index (Phi) is 4.39. The van der Waals surface area contributed by atoms with Gasteiger partial charge in [-0.15, -0.1) is 0 Å². The molecule has 1 aliphatic carbocycles. The van der Waals surface area contributed by atoms with E-state index in [1.807, 2.05) is 0 Å². The maximum absolute atomic E-state index is 12.6. The molecular weight excluding hydrogens is 296 g/mol. The molecule has 4 rings (SSSR count). The van der Waals surface area contributed by atoms with Crippen LogP contribution < -0.4 is 5.32 Å². The monoisotopic (exact) mass is 324 g/mol. The van der Waals surface area contributed by atoms with Gasteiger partial charge >= 0.3 is 0 Å². The zero-order valence-electron chi connectivity index (χ0n) is 13.4. The minimum Gasteiger partial charge on any atom is -0.374 e. The number of fused-ring (bicyclic) bond motifs is 2. The van der Waals surface area contributed by atoms with E-state index in [1.165, 1.54) is 50.3 Å². The van der Waals surface area contributed by atoms with Crippen molar-refractivity contribution >= 4 is 17.7 Å². The van der Waals surface area contributed by atoms with E-state index in [0.717, 1.165) is 25.8 Å². The molecule has 0 aromatic heterocycles. The normalized spacial score (nSPS) is 37.5. The molecule has 0 radical (unpaired) electrons. The largest absolute Gasteiger partial charge is 0.374 e. The van der Waals surface area contributed by atoms with Crippen molar-refractivity contribution in [3.63, 3.8) is 0 Å². The van der Waals surface area contributed by atoms with Gasteiger partial charge in [-0.3, -0.25) is 9.69 Å². The summed E-state index contributed by atoms with van der Waals surface area (Å²) in [5.41, 5.74) is 0.245. The van der Waals surface area contributed by atoms with Gasteiger partial charge < -0.3 is 10.1 Å². The van der Waals surface area contributed by atoms with Gasteiger partial charge in [-0.25, -0.2) is 0 Å². The van der Waals surface area contributed by atoms with Gasteiger partial charge in [0, 0.05) is 36.7 Å². The van der Waals surface area contributed by atoms with E-state index in [2.05, 4.69) is 22.0 Å². The molecule has 0 aromatic rings. The van der Waals surface area contributed by atoms with Crippen LogP contribution in [0.4, 0.5) is 0 Å². The highest BCUT2D eigenvalue weighted by molar-refractivity contribution is 7.99. The Labute approximate surface area is 137 Å². The van der Waals surface area contributed by atoms with Gasteiger partial charge in [-0.05, 0) is 32.1 Å². The molecule has 4 nitrogen and oxygen atoms in total. The first-order valence-electron chi connectivity index (χ1n) is 9.03. The van der Waals surface area contributed by atoms with Crippen LogP contribution in [0.2, 0.25) is 0 Å². The highest BCUT2D eigenvalue weighted by Gasteiger charge is 2.45. The second-order valence-corrected chi connectivity index (χ2v) is 8.69. The summed E-state index contributed by atoms with van der Waals surface area (Å²) in [6, 6.07) is 0. The SMILES string of the molecule is O=C(NCC1(N2CCSCC2)CCCC1)[C@@H]1C[C@H]2CC[C@H]1O2. The van der Waals surface area contributed by atoms with Crippen molar-refractivity contribution in [1.82, 2.24) is 10.2 Å². The quantitative estimate of drug-likeness (QED) is 0.859. The average molecular weight is 324 g/mol. The molecule has 3 atom stereocenters. The summed E-state index contributed by atoms with van der Waals surface area (Å²) in [5, 5.41) is 3.32. The molecule has 0 spiro atoms. The van der Waals surface area contributed by atoms with Crippen LogP contribution in [0, 0.1) is 5.92 Å². The fraction of sp³-hybridized carbons (Fsp3) is 0.941. The molecule has 4 fully saturated rings. The summed E-state index contributed by atoms with van der Waals surface area (Å²) >= 11 is 2.06. The highest BCUT2D eigenvalue weighted by Crippen LogP contribution is 2.39. The first-order valence-corrected chi connectivity index (χ1v) is 10.2. The smallest absolute Gasteiger partial charge is 0.225 e. The lowest BCUT2D eigenvalue weighted by Gasteiger charge is -2.43. The fourth-order valence-electron chi connectivity index (χ4n) is 4.97.